The molecule has 128 valence electrons. The summed E-state index contributed by atoms with van der Waals surface area (Å²) in [6.45, 7) is -0.330. The highest BCUT2D eigenvalue weighted by Gasteiger charge is 2.17. The summed E-state index contributed by atoms with van der Waals surface area (Å²) in [5, 5.41) is 4.44. The number of thiophene rings is 1. The van der Waals surface area contributed by atoms with Crippen molar-refractivity contribution in [2.24, 2.45) is 0 Å². The molecule has 2 aromatic carbocycles. The van der Waals surface area contributed by atoms with Gasteiger partial charge in [0.1, 0.15) is 4.21 Å². The number of carbonyl (C=O) groups excluding carboxylic acids is 1. The largest absolute Gasteiger partial charge is 0.324 e. The summed E-state index contributed by atoms with van der Waals surface area (Å²) in [7, 11) is -3.66. The van der Waals surface area contributed by atoms with Crippen molar-refractivity contribution < 1.29 is 13.2 Å². The maximum absolute atomic E-state index is 12.2. The van der Waals surface area contributed by atoms with Crippen LogP contribution in [0.3, 0.4) is 0 Å². The molecule has 0 saturated carbocycles. The number of sulfonamides is 1. The molecule has 0 unspecified atom stereocenters. The van der Waals surface area contributed by atoms with Gasteiger partial charge in [0.2, 0.25) is 5.91 Å². The smallest absolute Gasteiger partial charge is 0.250 e. The molecule has 0 aliphatic carbocycles. The summed E-state index contributed by atoms with van der Waals surface area (Å²) in [6, 6.07) is 20.2. The second-order valence-corrected chi connectivity index (χ2v) is 8.16. The first kappa shape index (κ1) is 17.3. The fraction of sp³-hybridized carbons (Fsp3) is 0.0556. The van der Waals surface area contributed by atoms with Gasteiger partial charge in [-0.1, -0.05) is 54.6 Å². The zero-order chi connectivity index (χ0) is 17.7. The topological polar surface area (TPSA) is 75.3 Å². The Labute approximate surface area is 150 Å². The molecular weight excluding hydrogens is 356 g/mol. The Morgan fingerprint density at radius 2 is 1.64 bits per heavy atom. The Balaban J connectivity index is 1.70. The third-order valence-corrected chi connectivity index (χ3v) is 6.27. The lowest BCUT2D eigenvalue weighted by molar-refractivity contribution is -0.115. The van der Waals surface area contributed by atoms with Gasteiger partial charge in [-0.2, -0.15) is 0 Å². The van der Waals surface area contributed by atoms with E-state index < -0.39 is 15.9 Å². The predicted octanol–water partition coefficient (Wildman–Crippen LogP) is 3.33. The van der Waals surface area contributed by atoms with E-state index in [-0.39, 0.29) is 10.8 Å². The molecular formula is C18H16N2O3S2. The van der Waals surface area contributed by atoms with Gasteiger partial charge in [0.15, 0.2) is 0 Å². The quantitative estimate of drug-likeness (QED) is 0.697. The van der Waals surface area contributed by atoms with E-state index in [9.17, 15) is 13.2 Å². The van der Waals surface area contributed by atoms with Crippen LogP contribution in [0.1, 0.15) is 0 Å². The average Bonchev–Trinajstić information content (AvgIpc) is 3.17. The van der Waals surface area contributed by atoms with Crippen LogP contribution in [0.4, 0.5) is 5.69 Å². The monoisotopic (exact) mass is 372 g/mol. The molecule has 0 bridgehead atoms. The van der Waals surface area contributed by atoms with Crippen LogP contribution in [-0.4, -0.2) is 20.9 Å². The van der Waals surface area contributed by atoms with Crippen LogP contribution in [0.2, 0.25) is 0 Å². The second-order valence-electron chi connectivity index (χ2n) is 5.22. The number of anilines is 1. The predicted molar refractivity (Wildman–Crippen MR) is 100 cm³/mol. The Kier molecular flexibility index (Phi) is 5.28. The van der Waals surface area contributed by atoms with E-state index >= 15 is 0 Å². The SMILES string of the molecule is O=C(CNS(=O)(=O)c1cccs1)Nc1ccccc1-c1ccccc1. The molecule has 0 fully saturated rings. The van der Waals surface area contributed by atoms with Crippen LogP contribution < -0.4 is 10.0 Å². The molecule has 25 heavy (non-hydrogen) atoms. The van der Waals surface area contributed by atoms with Gasteiger partial charge < -0.3 is 5.32 Å². The summed E-state index contributed by atoms with van der Waals surface area (Å²) in [5.74, 6) is -0.427. The van der Waals surface area contributed by atoms with E-state index in [4.69, 9.17) is 0 Å². The molecule has 5 nitrogen and oxygen atoms in total. The van der Waals surface area contributed by atoms with Gasteiger partial charge in [-0.3, -0.25) is 4.79 Å². The van der Waals surface area contributed by atoms with Gasteiger partial charge in [0.25, 0.3) is 10.0 Å². The maximum Gasteiger partial charge on any atom is 0.250 e. The minimum atomic E-state index is -3.66. The molecule has 0 spiro atoms. The van der Waals surface area contributed by atoms with Crippen LogP contribution in [-0.2, 0) is 14.8 Å². The molecule has 3 aromatic rings. The normalized spacial score (nSPS) is 11.2. The molecule has 0 atom stereocenters. The zero-order valence-corrected chi connectivity index (χ0v) is 14.8. The Morgan fingerprint density at radius 3 is 2.36 bits per heavy atom. The first-order valence-electron chi connectivity index (χ1n) is 7.54. The van der Waals surface area contributed by atoms with Crippen molar-refractivity contribution in [3.05, 3.63) is 72.1 Å². The van der Waals surface area contributed by atoms with E-state index in [1.165, 1.54) is 6.07 Å². The van der Waals surface area contributed by atoms with Gasteiger partial charge in [-0.25, -0.2) is 13.1 Å². The lowest BCUT2D eigenvalue weighted by Crippen LogP contribution is -2.32. The van der Waals surface area contributed by atoms with Crippen molar-refractivity contribution in [1.82, 2.24) is 4.72 Å². The molecule has 0 saturated heterocycles. The number of amides is 1. The highest BCUT2D eigenvalue weighted by atomic mass is 32.2. The Bertz CT molecular complexity index is 953. The summed E-state index contributed by atoms with van der Waals surface area (Å²) in [4.78, 5) is 12.2. The molecule has 0 aliphatic heterocycles. The molecule has 1 heterocycles. The molecule has 0 aliphatic rings. The Hall–Kier alpha value is -2.48. The second kappa shape index (κ2) is 7.60. The third-order valence-electron chi connectivity index (χ3n) is 3.47. The van der Waals surface area contributed by atoms with Gasteiger partial charge in [-0.15, -0.1) is 11.3 Å². The number of hydrogen-bond acceptors (Lipinski definition) is 4. The zero-order valence-electron chi connectivity index (χ0n) is 13.2. The summed E-state index contributed by atoms with van der Waals surface area (Å²) in [6.07, 6.45) is 0. The van der Waals surface area contributed by atoms with Crippen molar-refractivity contribution >= 4 is 33.0 Å². The van der Waals surface area contributed by atoms with Crippen molar-refractivity contribution in [2.45, 2.75) is 4.21 Å². The Morgan fingerprint density at radius 1 is 0.920 bits per heavy atom. The molecule has 2 N–H and O–H groups in total. The number of rotatable bonds is 6. The van der Waals surface area contributed by atoms with Crippen LogP contribution >= 0.6 is 11.3 Å². The number of nitrogens with one attached hydrogen (secondary N) is 2. The molecule has 0 radical (unpaired) electrons. The molecule has 1 aromatic heterocycles. The first-order valence-corrected chi connectivity index (χ1v) is 9.90. The van der Waals surface area contributed by atoms with Crippen molar-refractivity contribution in [2.75, 3.05) is 11.9 Å². The summed E-state index contributed by atoms with van der Waals surface area (Å²) in [5.41, 5.74) is 2.48. The molecule has 7 heteroatoms. The van der Waals surface area contributed by atoms with E-state index in [1.54, 1.807) is 17.5 Å². The maximum atomic E-state index is 12.2. The fourth-order valence-corrected chi connectivity index (χ4v) is 4.32. The standard InChI is InChI=1S/C18H16N2O3S2/c21-17(13-19-25(22,23)18-11-6-12-24-18)20-16-10-5-4-9-15(16)14-7-2-1-3-8-14/h1-12,19H,13H2,(H,20,21). The van der Waals surface area contributed by atoms with Crippen LogP contribution in [0.25, 0.3) is 11.1 Å². The minimum absolute atomic E-state index is 0.185. The van der Waals surface area contributed by atoms with E-state index in [0.29, 0.717) is 5.69 Å². The number of para-hydroxylation sites is 1. The van der Waals surface area contributed by atoms with E-state index in [0.717, 1.165) is 22.5 Å². The van der Waals surface area contributed by atoms with Crippen LogP contribution in [0.5, 0.6) is 0 Å². The number of hydrogen-bond donors (Lipinski definition) is 2. The number of benzene rings is 2. The lowest BCUT2D eigenvalue weighted by atomic mass is 10.0. The summed E-state index contributed by atoms with van der Waals surface area (Å²) < 4.78 is 26.6. The molecule has 3 rings (SSSR count). The third kappa shape index (κ3) is 4.33. The van der Waals surface area contributed by atoms with Gasteiger partial charge >= 0.3 is 0 Å². The van der Waals surface area contributed by atoms with E-state index in [1.807, 2.05) is 48.5 Å². The number of carbonyl (C=O) groups is 1. The fourth-order valence-electron chi connectivity index (χ4n) is 2.30. The van der Waals surface area contributed by atoms with Gasteiger partial charge in [-0.05, 0) is 23.1 Å². The summed E-state index contributed by atoms with van der Waals surface area (Å²) >= 11 is 1.10. The highest BCUT2D eigenvalue weighted by Crippen LogP contribution is 2.27. The first-order chi connectivity index (χ1) is 12.1. The van der Waals surface area contributed by atoms with Crippen LogP contribution in [0.15, 0.2) is 76.3 Å². The van der Waals surface area contributed by atoms with Crippen molar-refractivity contribution in [3.63, 3.8) is 0 Å². The van der Waals surface area contributed by atoms with Gasteiger partial charge in [0.05, 0.1) is 6.54 Å². The average molecular weight is 372 g/mol. The van der Waals surface area contributed by atoms with Gasteiger partial charge in [0, 0.05) is 11.3 Å². The van der Waals surface area contributed by atoms with Crippen molar-refractivity contribution in [1.29, 1.82) is 0 Å². The van der Waals surface area contributed by atoms with E-state index in [2.05, 4.69) is 10.0 Å². The highest BCUT2D eigenvalue weighted by molar-refractivity contribution is 7.91. The minimum Gasteiger partial charge on any atom is -0.324 e. The lowest BCUT2D eigenvalue weighted by Gasteiger charge is -2.11. The molecule has 1 amide bonds. The van der Waals surface area contributed by atoms with Crippen molar-refractivity contribution in [3.8, 4) is 11.1 Å². The van der Waals surface area contributed by atoms with Crippen LogP contribution in [0, 0.1) is 0 Å².